The topological polar surface area (TPSA) is 73.0 Å². The molecule has 0 bridgehead atoms. The zero-order valence-corrected chi connectivity index (χ0v) is 20.4. The molecule has 2 aromatic carbocycles. The van der Waals surface area contributed by atoms with Crippen molar-refractivity contribution < 1.29 is 26.4 Å². The number of anilines is 2. The number of nitrogens with zero attached hydrogens (tertiary/aromatic N) is 3. The van der Waals surface area contributed by atoms with Crippen molar-refractivity contribution in [1.82, 2.24) is 9.21 Å². The summed E-state index contributed by atoms with van der Waals surface area (Å²) in [5, 5.41) is 2.31. The highest BCUT2D eigenvalue weighted by molar-refractivity contribution is 7.89. The molecule has 1 saturated heterocycles. The van der Waals surface area contributed by atoms with Gasteiger partial charge >= 0.3 is 6.18 Å². The molecule has 1 amide bonds. The summed E-state index contributed by atoms with van der Waals surface area (Å²) in [5.41, 5.74) is -0.971. The molecule has 0 atom stereocenters. The molecule has 3 rings (SSSR count). The van der Waals surface area contributed by atoms with Crippen molar-refractivity contribution in [2.45, 2.75) is 31.0 Å². The van der Waals surface area contributed by atoms with Crippen LogP contribution in [0.2, 0.25) is 0 Å². The monoisotopic (exact) mass is 498 g/mol. The molecule has 1 heterocycles. The fourth-order valence-corrected chi connectivity index (χ4v) is 4.99. The van der Waals surface area contributed by atoms with Crippen LogP contribution in [-0.4, -0.2) is 69.8 Å². The van der Waals surface area contributed by atoms with Crippen LogP contribution in [0, 0.1) is 0 Å². The van der Waals surface area contributed by atoms with Crippen LogP contribution in [0.5, 0.6) is 0 Å². The molecule has 1 aliphatic rings. The van der Waals surface area contributed by atoms with E-state index in [2.05, 4.69) is 10.2 Å². The summed E-state index contributed by atoms with van der Waals surface area (Å²) in [7, 11) is -0.479. The van der Waals surface area contributed by atoms with Gasteiger partial charge in [-0.25, -0.2) is 8.42 Å². The molecule has 186 valence electrons. The van der Waals surface area contributed by atoms with E-state index in [4.69, 9.17) is 0 Å². The third kappa shape index (κ3) is 5.70. The van der Waals surface area contributed by atoms with Gasteiger partial charge in [0, 0.05) is 50.5 Å². The van der Waals surface area contributed by atoms with Crippen LogP contribution in [0.25, 0.3) is 0 Å². The number of rotatable bonds is 6. The SMILES string of the molecule is CC(C)N(C)S(=O)(=O)c1cccc(C(=O)Nc2ccc(N3CCN(C)CC3)cc2C(F)(F)F)c1. The third-order valence-electron chi connectivity index (χ3n) is 5.93. The lowest BCUT2D eigenvalue weighted by molar-refractivity contribution is -0.136. The molecule has 1 fully saturated rings. The molecule has 0 spiro atoms. The maximum atomic E-state index is 13.8. The van der Waals surface area contributed by atoms with Gasteiger partial charge in [0.25, 0.3) is 5.91 Å². The minimum atomic E-state index is -4.68. The Morgan fingerprint density at radius 1 is 1.06 bits per heavy atom. The first-order chi connectivity index (χ1) is 15.8. The number of amides is 1. The zero-order chi connectivity index (χ0) is 25.3. The third-order valence-corrected chi connectivity index (χ3v) is 7.96. The van der Waals surface area contributed by atoms with Gasteiger partial charge in [-0.3, -0.25) is 4.79 Å². The van der Waals surface area contributed by atoms with E-state index in [1.807, 2.05) is 11.9 Å². The molecule has 0 radical (unpaired) electrons. The van der Waals surface area contributed by atoms with Crippen molar-refractivity contribution in [3.8, 4) is 0 Å². The number of carbonyl (C=O) groups is 1. The molecule has 1 N–H and O–H groups in total. The first kappa shape index (κ1) is 26.0. The number of halogens is 3. The molecular formula is C23H29F3N4O3S. The summed E-state index contributed by atoms with van der Waals surface area (Å²) < 4.78 is 68.1. The Morgan fingerprint density at radius 3 is 2.29 bits per heavy atom. The number of nitrogens with one attached hydrogen (secondary N) is 1. The largest absolute Gasteiger partial charge is 0.418 e. The highest BCUT2D eigenvalue weighted by atomic mass is 32.2. The summed E-state index contributed by atoms with van der Waals surface area (Å²) >= 11 is 0. The predicted octanol–water partition coefficient (Wildman–Crippen LogP) is 3.74. The zero-order valence-electron chi connectivity index (χ0n) is 19.6. The summed E-state index contributed by atoms with van der Waals surface area (Å²) in [6.07, 6.45) is -4.68. The highest BCUT2D eigenvalue weighted by Crippen LogP contribution is 2.38. The molecule has 0 aliphatic carbocycles. The van der Waals surface area contributed by atoms with E-state index in [1.165, 1.54) is 31.3 Å². The van der Waals surface area contributed by atoms with Crippen LogP contribution in [0.1, 0.15) is 29.8 Å². The average molecular weight is 499 g/mol. The van der Waals surface area contributed by atoms with Crippen molar-refractivity contribution >= 4 is 27.3 Å². The Labute approximate surface area is 198 Å². The van der Waals surface area contributed by atoms with E-state index in [1.54, 1.807) is 19.9 Å². The van der Waals surface area contributed by atoms with Gasteiger partial charge in [-0.05, 0) is 57.3 Å². The van der Waals surface area contributed by atoms with E-state index in [-0.39, 0.29) is 22.2 Å². The summed E-state index contributed by atoms with van der Waals surface area (Å²) in [6.45, 7) is 6.10. The Hall–Kier alpha value is -2.63. The lowest BCUT2D eigenvalue weighted by atomic mass is 10.1. The van der Waals surface area contributed by atoms with Crippen molar-refractivity contribution in [3.63, 3.8) is 0 Å². The second-order valence-corrected chi connectivity index (χ2v) is 10.6. The molecule has 2 aromatic rings. The summed E-state index contributed by atoms with van der Waals surface area (Å²) in [6, 6.07) is 8.77. The molecule has 0 saturated carbocycles. The molecule has 7 nitrogen and oxygen atoms in total. The van der Waals surface area contributed by atoms with Gasteiger partial charge in [-0.2, -0.15) is 17.5 Å². The standard InChI is InChI=1S/C23H29F3N4O3S/c1-16(2)29(4)34(32,33)19-7-5-6-17(14-19)22(31)27-21-9-8-18(15-20(21)23(24,25)26)30-12-10-28(3)11-13-30/h5-9,14-16H,10-13H2,1-4H3,(H,27,31). The van der Waals surface area contributed by atoms with Crippen LogP contribution in [0.3, 0.4) is 0 Å². The maximum Gasteiger partial charge on any atom is 0.418 e. The fraction of sp³-hybridized carbons (Fsp3) is 0.435. The van der Waals surface area contributed by atoms with Gasteiger partial charge in [0.2, 0.25) is 10.0 Å². The van der Waals surface area contributed by atoms with Crippen LogP contribution in [0.15, 0.2) is 47.4 Å². The van der Waals surface area contributed by atoms with Crippen molar-refractivity contribution in [3.05, 3.63) is 53.6 Å². The average Bonchev–Trinajstić information content (AvgIpc) is 2.78. The normalized spacial score (nSPS) is 15.7. The Bertz CT molecular complexity index is 1140. The molecular weight excluding hydrogens is 469 g/mol. The van der Waals surface area contributed by atoms with Crippen molar-refractivity contribution in [2.75, 3.05) is 50.5 Å². The van der Waals surface area contributed by atoms with E-state index in [0.717, 1.165) is 29.5 Å². The lowest BCUT2D eigenvalue weighted by Gasteiger charge is -2.34. The van der Waals surface area contributed by atoms with E-state index in [9.17, 15) is 26.4 Å². The quantitative estimate of drug-likeness (QED) is 0.657. The second-order valence-electron chi connectivity index (χ2n) is 8.61. The van der Waals surface area contributed by atoms with Gasteiger partial charge in [-0.15, -0.1) is 0 Å². The second kappa shape index (κ2) is 9.93. The van der Waals surface area contributed by atoms with Gasteiger partial charge in [-0.1, -0.05) is 6.07 Å². The molecule has 1 aliphatic heterocycles. The minimum Gasteiger partial charge on any atom is -0.369 e. The van der Waals surface area contributed by atoms with Gasteiger partial charge < -0.3 is 15.1 Å². The lowest BCUT2D eigenvalue weighted by Crippen LogP contribution is -2.44. The van der Waals surface area contributed by atoms with Crippen LogP contribution in [0.4, 0.5) is 24.5 Å². The van der Waals surface area contributed by atoms with Gasteiger partial charge in [0.05, 0.1) is 16.1 Å². The van der Waals surface area contributed by atoms with Crippen molar-refractivity contribution in [2.24, 2.45) is 0 Å². The number of alkyl halides is 3. The van der Waals surface area contributed by atoms with E-state index in [0.29, 0.717) is 18.8 Å². The smallest absolute Gasteiger partial charge is 0.369 e. The number of hydrogen-bond donors (Lipinski definition) is 1. The molecule has 11 heteroatoms. The van der Waals surface area contributed by atoms with Crippen LogP contribution < -0.4 is 10.2 Å². The first-order valence-corrected chi connectivity index (χ1v) is 12.3. The van der Waals surface area contributed by atoms with Gasteiger partial charge in [0.1, 0.15) is 0 Å². The number of piperazine rings is 1. The minimum absolute atomic E-state index is 0.0606. The highest BCUT2D eigenvalue weighted by Gasteiger charge is 2.35. The molecule has 34 heavy (non-hydrogen) atoms. The van der Waals surface area contributed by atoms with Crippen LogP contribution in [-0.2, 0) is 16.2 Å². The molecule has 0 unspecified atom stereocenters. The maximum absolute atomic E-state index is 13.8. The summed E-state index contributed by atoms with van der Waals surface area (Å²) in [4.78, 5) is 16.7. The number of carbonyl (C=O) groups excluding carboxylic acids is 1. The summed E-state index contributed by atoms with van der Waals surface area (Å²) in [5.74, 6) is -0.831. The number of sulfonamides is 1. The first-order valence-electron chi connectivity index (χ1n) is 10.8. The Morgan fingerprint density at radius 2 is 1.71 bits per heavy atom. The number of hydrogen-bond acceptors (Lipinski definition) is 5. The van der Waals surface area contributed by atoms with E-state index >= 15 is 0 Å². The number of likely N-dealkylation sites (N-methyl/N-ethyl adjacent to an activating group) is 1. The van der Waals surface area contributed by atoms with Crippen LogP contribution >= 0.6 is 0 Å². The van der Waals surface area contributed by atoms with Gasteiger partial charge in [0.15, 0.2) is 0 Å². The Kier molecular flexibility index (Phi) is 7.59. The fourth-order valence-electron chi connectivity index (χ4n) is 3.57. The predicted molar refractivity (Wildman–Crippen MR) is 126 cm³/mol. The number of benzene rings is 2. The van der Waals surface area contributed by atoms with E-state index < -0.39 is 27.7 Å². The Balaban J connectivity index is 1.88. The molecule has 0 aromatic heterocycles. The van der Waals surface area contributed by atoms with Crippen molar-refractivity contribution in [1.29, 1.82) is 0 Å².